The van der Waals surface area contributed by atoms with E-state index in [-0.39, 0.29) is 5.56 Å². The first-order valence-electron chi connectivity index (χ1n) is 8.69. The molecular formula is C19H19N5O. The lowest BCUT2D eigenvalue weighted by Gasteiger charge is -2.37. The molecule has 2 aromatic heterocycles. The minimum absolute atomic E-state index is 0.110. The summed E-state index contributed by atoms with van der Waals surface area (Å²) in [5.41, 5.74) is 4.28. The minimum atomic E-state index is 0.110. The normalized spacial score (nSPS) is 21.8. The van der Waals surface area contributed by atoms with E-state index in [1.165, 1.54) is 12.1 Å². The van der Waals surface area contributed by atoms with Crippen LogP contribution >= 0.6 is 0 Å². The van der Waals surface area contributed by atoms with Gasteiger partial charge in [0.1, 0.15) is 12.7 Å². The second kappa shape index (κ2) is 5.67. The van der Waals surface area contributed by atoms with Crippen LogP contribution < -0.4 is 10.9 Å². The Morgan fingerprint density at radius 3 is 2.80 bits per heavy atom. The third-order valence-electron chi connectivity index (χ3n) is 5.36. The molecule has 0 aliphatic carbocycles. The zero-order chi connectivity index (χ0) is 16.8. The lowest BCUT2D eigenvalue weighted by Crippen LogP contribution is -2.44. The van der Waals surface area contributed by atoms with Crippen LogP contribution in [0.5, 0.6) is 0 Å². The Balaban J connectivity index is 1.61. The number of pyridine rings is 1. The Bertz CT molecular complexity index is 976. The van der Waals surface area contributed by atoms with Crippen molar-refractivity contribution in [3.63, 3.8) is 0 Å². The van der Waals surface area contributed by atoms with Gasteiger partial charge < -0.3 is 9.88 Å². The van der Waals surface area contributed by atoms with Crippen molar-refractivity contribution in [3.05, 3.63) is 65.1 Å². The van der Waals surface area contributed by atoms with Gasteiger partial charge in [0.25, 0.3) is 5.56 Å². The van der Waals surface area contributed by atoms with Gasteiger partial charge in [0.15, 0.2) is 0 Å². The van der Waals surface area contributed by atoms with Gasteiger partial charge in [-0.3, -0.25) is 9.36 Å². The van der Waals surface area contributed by atoms with Crippen LogP contribution in [0.2, 0.25) is 0 Å². The molecule has 6 heteroatoms. The fourth-order valence-electron chi connectivity index (χ4n) is 4.15. The van der Waals surface area contributed by atoms with E-state index in [0.717, 1.165) is 36.4 Å². The first kappa shape index (κ1) is 14.6. The van der Waals surface area contributed by atoms with E-state index >= 15 is 0 Å². The van der Waals surface area contributed by atoms with Crippen molar-refractivity contribution in [3.8, 4) is 16.8 Å². The van der Waals surface area contributed by atoms with Crippen molar-refractivity contribution in [1.29, 1.82) is 0 Å². The first-order chi connectivity index (χ1) is 12.3. The number of aromatic nitrogens is 4. The molecule has 126 valence electrons. The van der Waals surface area contributed by atoms with Gasteiger partial charge >= 0.3 is 0 Å². The summed E-state index contributed by atoms with van der Waals surface area (Å²) in [4.78, 5) is 12.7. The number of piperidine rings is 1. The standard InChI is InChI=1S/C19H19N5O/c25-19-7-15(6-18-16-4-13(8-20-9-16)10-24(18)19)14-2-1-3-17(5-14)23-11-21-22-12-23/h1-3,5-7,11-13,16,20H,4,8-10H2/t13-,16+/m0/s1. The maximum atomic E-state index is 12.7. The van der Waals surface area contributed by atoms with Crippen LogP contribution in [0.4, 0.5) is 0 Å². The van der Waals surface area contributed by atoms with Crippen molar-refractivity contribution in [1.82, 2.24) is 24.6 Å². The zero-order valence-corrected chi connectivity index (χ0v) is 13.8. The van der Waals surface area contributed by atoms with Gasteiger partial charge in [-0.15, -0.1) is 10.2 Å². The van der Waals surface area contributed by atoms with Crippen LogP contribution in [0.3, 0.4) is 0 Å². The van der Waals surface area contributed by atoms with E-state index < -0.39 is 0 Å². The van der Waals surface area contributed by atoms with Gasteiger partial charge in [0.05, 0.1) is 0 Å². The highest BCUT2D eigenvalue weighted by Crippen LogP contribution is 2.33. The molecule has 2 aliphatic heterocycles. The molecular weight excluding hydrogens is 314 g/mol. The molecule has 1 aromatic carbocycles. The maximum absolute atomic E-state index is 12.7. The monoisotopic (exact) mass is 333 g/mol. The van der Waals surface area contributed by atoms with Gasteiger partial charge in [0.2, 0.25) is 0 Å². The third kappa shape index (κ3) is 2.49. The molecule has 25 heavy (non-hydrogen) atoms. The molecule has 0 radical (unpaired) electrons. The molecule has 6 nitrogen and oxygen atoms in total. The third-order valence-corrected chi connectivity index (χ3v) is 5.36. The summed E-state index contributed by atoms with van der Waals surface area (Å²) in [7, 11) is 0. The Hall–Kier alpha value is -2.73. The smallest absolute Gasteiger partial charge is 0.251 e. The summed E-state index contributed by atoms with van der Waals surface area (Å²) in [6.07, 6.45) is 4.53. The van der Waals surface area contributed by atoms with Crippen molar-refractivity contribution in [2.45, 2.75) is 18.9 Å². The van der Waals surface area contributed by atoms with Crippen molar-refractivity contribution >= 4 is 0 Å². The Morgan fingerprint density at radius 1 is 1.04 bits per heavy atom. The molecule has 1 N–H and O–H groups in total. The Labute approximate surface area is 145 Å². The zero-order valence-electron chi connectivity index (χ0n) is 13.8. The molecule has 2 bridgehead atoms. The summed E-state index contributed by atoms with van der Waals surface area (Å²) in [6.45, 7) is 2.81. The predicted octanol–water partition coefficient (Wildman–Crippen LogP) is 1.80. The molecule has 0 saturated carbocycles. The fraction of sp³-hybridized carbons (Fsp3) is 0.316. The van der Waals surface area contributed by atoms with E-state index in [2.05, 4.69) is 27.6 Å². The number of benzene rings is 1. The van der Waals surface area contributed by atoms with Gasteiger partial charge in [-0.05, 0) is 48.2 Å². The fourth-order valence-corrected chi connectivity index (χ4v) is 4.15. The number of nitrogens with zero attached hydrogens (tertiary/aromatic N) is 4. The van der Waals surface area contributed by atoms with E-state index in [4.69, 9.17) is 0 Å². The molecule has 5 rings (SSSR count). The molecule has 0 unspecified atom stereocenters. The number of nitrogens with one attached hydrogen (secondary N) is 1. The van der Waals surface area contributed by atoms with Gasteiger partial charge in [-0.25, -0.2) is 0 Å². The van der Waals surface area contributed by atoms with Crippen LogP contribution in [0.25, 0.3) is 16.8 Å². The Kier molecular flexibility index (Phi) is 3.31. The van der Waals surface area contributed by atoms with E-state index in [1.807, 2.05) is 27.3 Å². The number of rotatable bonds is 2. The van der Waals surface area contributed by atoms with Crippen LogP contribution in [0.15, 0.2) is 53.8 Å². The summed E-state index contributed by atoms with van der Waals surface area (Å²) in [5, 5.41) is 11.2. The lowest BCUT2D eigenvalue weighted by atomic mass is 9.83. The predicted molar refractivity (Wildman–Crippen MR) is 94.8 cm³/mol. The number of fused-ring (bicyclic) bond motifs is 4. The van der Waals surface area contributed by atoms with E-state index in [9.17, 15) is 4.79 Å². The second-order valence-corrected chi connectivity index (χ2v) is 6.99. The summed E-state index contributed by atoms with van der Waals surface area (Å²) < 4.78 is 3.84. The highest BCUT2D eigenvalue weighted by atomic mass is 16.1. The molecule has 3 aromatic rings. The van der Waals surface area contributed by atoms with E-state index in [1.54, 1.807) is 18.7 Å². The second-order valence-electron chi connectivity index (χ2n) is 6.99. The van der Waals surface area contributed by atoms with Crippen LogP contribution in [0, 0.1) is 5.92 Å². The summed E-state index contributed by atoms with van der Waals surface area (Å²) >= 11 is 0. The van der Waals surface area contributed by atoms with E-state index in [0.29, 0.717) is 11.8 Å². The number of hydrogen-bond acceptors (Lipinski definition) is 4. The first-order valence-corrected chi connectivity index (χ1v) is 8.69. The Morgan fingerprint density at radius 2 is 1.92 bits per heavy atom. The highest BCUT2D eigenvalue weighted by molar-refractivity contribution is 5.66. The van der Waals surface area contributed by atoms with Gasteiger partial charge in [0, 0.05) is 36.5 Å². The highest BCUT2D eigenvalue weighted by Gasteiger charge is 2.31. The molecule has 2 atom stereocenters. The molecule has 0 spiro atoms. The molecule has 1 saturated heterocycles. The minimum Gasteiger partial charge on any atom is -0.316 e. The maximum Gasteiger partial charge on any atom is 0.251 e. The van der Waals surface area contributed by atoms with Crippen molar-refractivity contribution < 1.29 is 0 Å². The number of hydrogen-bond donors (Lipinski definition) is 1. The van der Waals surface area contributed by atoms with Crippen LogP contribution in [-0.4, -0.2) is 32.4 Å². The van der Waals surface area contributed by atoms with Crippen LogP contribution in [-0.2, 0) is 6.54 Å². The van der Waals surface area contributed by atoms with Crippen molar-refractivity contribution in [2.75, 3.05) is 13.1 Å². The largest absolute Gasteiger partial charge is 0.316 e. The average molecular weight is 333 g/mol. The summed E-state index contributed by atoms with van der Waals surface area (Å²) in [5.74, 6) is 1.01. The van der Waals surface area contributed by atoms with Crippen molar-refractivity contribution in [2.24, 2.45) is 5.92 Å². The lowest BCUT2D eigenvalue weighted by molar-refractivity contribution is 0.257. The van der Waals surface area contributed by atoms with Gasteiger partial charge in [-0.1, -0.05) is 12.1 Å². The SMILES string of the molecule is O=c1cc(-c2cccc(-n3cnnc3)c2)cc2n1C[C@@H]1CNC[C@H]2C1. The quantitative estimate of drug-likeness (QED) is 0.777. The topological polar surface area (TPSA) is 64.7 Å². The van der Waals surface area contributed by atoms with Gasteiger partial charge in [-0.2, -0.15) is 0 Å². The molecule has 1 fully saturated rings. The summed E-state index contributed by atoms with van der Waals surface area (Å²) in [6, 6.07) is 12.1. The molecule has 2 aliphatic rings. The molecule has 0 amide bonds. The van der Waals surface area contributed by atoms with Crippen LogP contribution in [0.1, 0.15) is 18.0 Å². The average Bonchev–Trinajstić information content (AvgIpc) is 3.18. The molecule has 4 heterocycles.